The Kier molecular flexibility index (Phi) is 14.4. The molecular weight excluding hydrogens is 1210 g/mol. The van der Waals surface area contributed by atoms with E-state index in [-0.39, 0.29) is 5.69 Å². The van der Waals surface area contributed by atoms with E-state index in [0.717, 1.165) is 106 Å². The van der Waals surface area contributed by atoms with Gasteiger partial charge in [-0.3, -0.25) is 19.9 Å². The number of nitrogens with zero attached hydrogens (tertiary/aromatic N) is 7. The molecule has 0 N–H and O–H groups in total. The molecule has 0 saturated heterocycles. The molecule has 16 aromatic rings. The van der Waals surface area contributed by atoms with Crippen LogP contribution in [0.1, 0.15) is 16.7 Å². The molecule has 0 unspecified atom stereocenters. The maximum absolute atomic E-state index is 15.6. The van der Waals surface area contributed by atoms with Crippen molar-refractivity contribution < 1.29 is 26.3 Å². The Balaban J connectivity index is 0.973. The van der Waals surface area contributed by atoms with Gasteiger partial charge in [0.15, 0.2) is 0 Å². The van der Waals surface area contributed by atoms with Crippen LogP contribution in [0, 0.1) is 11.3 Å². The van der Waals surface area contributed by atoms with Crippen molar-refractivity contribution in [2.45, 2.75) is 12.4 Å². The summed E-state index contributed by atoms with van der Waals surface area (Å²) in [6.45, 7) is 0. The van der Waals surface area contributed by atoms with E-state index in [4.69, 9.17) is 19.9 Å². The molecule has 458 valence electrons. The van der Waals surface area contributed by atoms with E-state index >= 15 is 26.3 Å². The minimum atomic E-state index is -5.28. The molecular formula is C83H49F6N7. The zero-order valence-corrected chi connectivity index (χ0v) is 50.7. The van der Waals surface area contributed by atoms with Gasteiger partial charge in [-0.05, 0) is 119 Å². The third-order valence-electron chi connectivity index (χ3n) is 17.9. The summed E-state index contributed by atoms with van der Waals surface area (Å²) in [5.74, 6) is 0. The van der Waals surface area contributed by atoms with Crippen LogP contribution in [0.4, 0.5) is 26.3 Å². The number of aromatic nitrogens is 6. The normalized spacial score (nSPS) is 11.8. The average molecular weight is 1260 g/mol. The molecule has 0 bridgehead atoms. The smallest absolute Gasteiger partial charge is 0.307 e. The third-order valence-corrected chi connectivity index (χ3v) is 17.9. The van der Waals surface area contributed by atoms with Gasteiger partial charge >= 0.3 is 12.4 Å². The fourth-order valence-electron chi connectivity index (χ4n) is 13.2. The van der Waals surface area contributed by atoms with Gasteiger partial charge in [0, 0.05) is 102 Å². The van der Waals surface area contributed by atoms with Crippen molar-refractivity contribution in [2.24, 2.45) is 0 Å². The Labute approximate surface area is 546 Å². The molecule has 13 heteroatoms. The number of halogens is 6. The summed E-state index contributed by atoms with van der Waals surface area (Å²) in [6.07, 6.45) is -3.29. The van der Waals surface area contributed by atoms with Crippen molar-refractivity contribution >= 4 is 43.6 Å². The number of benzene rings is 10. The van der Waals surface area contributed by atoms with Gasteiger partial charge in [0.1, 0.15) is 0 Å². The lowest BCUT2D eigenvalue weighted by Gasteiger charge is -2.23. The van der Waals surface area contributed by atoms with E-state index in [1.165, 1.54) is 12.1 Å². The molecule has 7 nitrogen and oxygen atoms in total. The molecule has 0 fully saturated rings. The number of pyridine rings is 4. The van der Waals surface area contributed by atoms with Crippen LogP contribution in [0.5, 0.6) is 0 Å². The molecule has 0 aliphatic carbocycles. The molecule has 0 aliphatic heterocycles. The van der Waals surface area contributed by atoms with Crippen LogP contribution in [0.2, 0.25) is 0 Å². The quantitative estimate of drug-likeness (QED) is 0.120. The number of nitriles is 1. The highest BCUT2D eigenvalue weighted by molar-refractivity contribution is 6.14. The summed E-state index contributed by atoms with van der Waals surface area (Å²) in [4.78, 5) is 19.5. The van der Waals surface area contributed by atoms with E-state index in [1.807, 2.05) is 252 Å². The van der Waals surface area contributed by atoms with Crippen LogP contribution in [0.25, 0.3) is 156 Å². The first kappa shape index (κ1) is 58.5. The molecule has 0 aliphatic rings. The first-order valence-electron chi connectivity index (χ1n) is 30.9. The molecule has 6 aromatic heterocycles. The van der Waals surface area contributed by atoms with Gasteiger partial charge in [-0.15, -0.1) is 0 Å². The highest BCUT2D eigenvalue weighted by atomic mass is 19.4. The SMILES string of the molecule is N#Cc1cc(-n2c3ccc(-c4ccc(-c5ccccc5)nc4)cc3c3cc(-c4ccc(-c5ccccc5)nc4)ccc32)c(-n2c3ccc(-c4ccc(-c5ccccc5)nc4)cc3c3cc(-c4ccc(-c5ccccc5)nc4)ccc32)cc1-c1c(C(F)(F)F)cccc1C(F)(F)F. The number of rotatable bonds is 11. The zero-order chi connectivity index (χ0) is 65.2. The predicted molar refractivity (Wildman–Crippen MR) is 370 cm³/mol. The van der Waals surface area contributed by atoms with Crippen LogP contribution < -0.4 is 0 Å². The van der Waals surface area contributed by atoms with Gasteiger partial charge in [-0.2, -0.15) is 31.6 Å². The Morgan fingerprint density at radius 3 is 0.823 bits per heavy atom. The van der Waals surface area contributed by atoms with Crippen molar-refractivity contribution in [1.82, 2.24) is 29.1 Å². The second-order valence-electron chi connectivity index (χ2n) is 23.5. The summed E-state index contributed by atoms with van der Waals surface area (Å²) in [5.41, 5.74) is 11.1. The molecule has 6 heterocycles. The largest absolute Gasteiger partial charge is 0.417 e. The van der Waals surface area contributed by atoms with Crippen molar-refractivity contribution in [1.29, 1.82) is 5.26 Å². The van der Waals surface area contributed by atoms with Crippen LogP contribution in [0.3, 0.4) is 0 Å². The Morgan fingerprint density at radius 1 is 0.281 bits per heavy atom. The maximum Gasteiger partial charge on any atom is 0.417 e. The Morgan fingerprint density at radius 2 is 0.562 bits per heavy atom. The molecule has 96 heavy (non-hydrogen) atoms. The fraction of sp³-hybridized carbons (Fsp3) is 0.0241. The molecule has 0 spiro atoms. The average Bonchev–Trinajstić information content (AvgIpc) is 1.51. The molecule has 16 rings (SSSR count). The second-order valence-corrected chi connectivity index (χ2v) is 23.5. The highest BCUT2D eigenvalue weighted by Crippen LogP contribution is 2.49. The number of alkyl halides is 6. The lowest BCUT2D eigenvalue weighted by atomic mass is 9.89. The predicted octanol–water partition coefficient (Wildman–Crippen LogP) is 22.4. The molecule has 0 atom stereocenters. The number of hydrogen-bond donors (Lipinski definition) is 0. The van der Waals surface area contributed by atoms with Crippen LogP contribution in [-0.2, 0) is 12.4 Å². The van der Waals surface area contributed by atoms with E-state index in [2.05, 4.69) is 18.2 Å². The zero-order valence-electron chi connectivity index (χ0n) is 50.7. The molecule has 0 radical (unpaired) electrons. The Hall–Kier alpha value is -12.5. The molecule has 10 aromatic carbocycles. The van der Waals surface area contributed by atoms with E-state index in [1.54, 1.807) is 12.4 Å². The topological polar surface area (TPSA) is 85.2 Å². The second kappa shape index (κ2) is 23.5. The summed E-state index contributed by atoms with van der Waals surface area (Å²) in [5, 5.41) is 14.3. The summed E-state index contributed by atoms with van der Waals surface area (Å²) < 4.78 is 97.3. The monoisotopic (exact) mass is 1260 g/mol. The molecule has 0 amide bonds. The van der Waals surface area contributed by atoms with Crippen molar-refractivity contribution in [3.05, 3.63) is 314 Å². The maximum atomic E-state index is 15.6. The first-order valence-corrected chi connectivity index (χ1v) is 30.9. The van der Waals surface area contributed by atoms with Gasteiger partial charge in [0.05, 0.1) is 79.0 Å². The standard InChI is InChI=1S/C83H49F6N7/c84-82(85,86)69-22-13-23-70(83(87,88)89)81(69)64-45-80(96-77-38-30-57(61-26-34-73(93-49-61)53-18-9-3-10-19-53)42-67(77)68-43-58(31-39-78(68)96)62-27-35-74(94-50-62)54-20-11-4-12-21-54)79(44-63(64)46-90)95-75-36-28-55(59-24-32-71(91-47-59)51-14-5-1-6-15-51)40-65(75)66-41-56(29-37-76(66)95)60-25-33-72(92-48-60)52-16-7-2-8-17-52/h1-45,47-50H. The fourth-order valence-corrected chi connectivity index (χ4v) is 13.2. The summed E-state index contributed by atoms with van der Waals surface area (Å²) >= 11 is 0. The van der Waals surface area contributed by atoms with Gasteiger partial charge in [0.25, 0.3) is 0 Å². The van der Waals surface area contributed by atoms with Gasteiger partial charge in [0.2, 0.25) is 0 Å². The van der Waals surface area contributed by atoms with Crippen molar-refractivity contribution in [3.8, 4) is 118 Å². The minimum absolute atomic E-state index is 0.186. The van der Waals surface area contributed by atoms with E-state index in [9.17, 15) is 5.26 Å². The number of hydrogen-bond acceptors (Lipinski definition) is 5. The van der Waals surface area contributed by atoms with Crippen LogP contribution >= 0.6 is 0 Å². The molecule has 0 saturated carbocycles. The number of fused-ring (bicyclic) bond motifs is 6. The van der Waals surface area contributed by atoms with Crippen LogP contribution in [0.15, 0.2) is 298 Å². The van der Waals surface area contributed by atoms with Gasteiger partial charge in [-0.25, -0.2) is 0 Å². The van der Waals surface area contributed by atoms with E-state index < -0.39 is 40.2 Å². The van der Waals surface area contributed by atoms with Crippen molar-refractivity contribution in [2.75, 3.05) is 0 Å². The van der Waals surface area contributed by atoms with Gasteiger partial charge < -0.3 is 9.13 Å². The summed E-state index contributed by atoms with van der Waals surface area (Å²) in [7, 11) is 0. The lowest BCUT2D eigenvalue weighted by molar-refractivity contribution is -0.142. The highest BCUT2D eigenvalue weighted by Gasteiger charge is 2.42. The van der Waals surface area contributed by atoms with E-state index in [0.29, 0.717) is 50.7 Å². The Bertz CT molecular complexity index is 5380. The van der Waals surface area contributed by atoms with Gasteiger partial charge in [-0.1, -0.05) is 176 Å². The lowest BCUT2D eigenvalue weighted by Crippen LogP contribution is -2.15. The third kappa shape index (κ3) is 10.6. The first-order chi connectivity index (χ1) is 46.8. The minimum Gasteiger partial charge on any atom is -0.307 e. The summed E-state index contributed by atoms with van der Waals surface area (Å²) in [6, 6.07) is 85.8. The van der Waals surface area contributed by atoms with Crippen molar-refractivity contribution in [3.63, 3.8) is 0 Å². The van der Waals surface area contributed by atoms with Crippen LogP contribution in [-0.4, -0.2) is 29.1 Å².